The number of rotatable bonds is 34. The molecule has 0 aromatic heterocycles. The van der Waals surface area contributed by atoms with Gasteiger partial charge in [-0.3, -0.25) is 4.55 Å². The summed E-state index contributed by atoms with van der Waals surface area (Å²) >= 11 is 0. The molecule has 0 radical (unpaired) electrons. The zero-order chi connectivity index (χ0) is 37.8. The first-order valence-electron chi connectivity index (χ1n) is 21.8. The second kappa shape index (κ2) is 28.7. The monoisotopic (exact) mass is 743 g/mol. The molecule has 0 fully saturated rings. The van der Waals surface area contributed by atoms with Crippen LogP contribution in [-0.4, -0.2) is 48.0 Å². The van der Waals surface area contributed by atoms with Crippen LogP contribution in [0.2, 0.25) is 0 Å². The molecule has 3 unspecified atom stereocenters. The zero-order valence-electron chi connectivity index (χ0n) is 33.9. The fourth-order valence-electron chi connectivity index (χ4n) is 8.53. The van der Waals surface area contributed by atoms with Gasteiger partial charge in [0.1, 0.15) is 30.5 Å². The molecule has 0 amide bonds. The van der Waals surface area contributed by atoms with Gasteiger partial charge in [0, 0.05) is 24.0 Å². The summed E-state index contributed by atoms with van der Waals surface area (Å²) in [6.45, 7) is 4.81. The van der Waals surface area contributed by atoms with E-state index in [1.54, 1.807) is 0 Å². The molecule has 3 atom stereocenters. The standard InChI is InChI=1S/C46H79NO4S/c1-4-6-8-10-12-14-16-18-20-22-24-32-38-45(42-34-28-26-29-35-42)47(3,40-44(48)41-52(49,50)51)46(43-36-30-27-31-37-43)39-33-25-23-21-19-17-15-13-11-9-7-5-2/h26-31,34-37,44-46,48H,4-25,32-33,38-41H2,1-3H3/p+1. The van der Waals surface area contributed by atoms with Gasteiger partial charge in [0.2, 0.25) is 0 Å². The van der Waals surface area contributed by atoms with Gasteiger partial charge < -0.3 is 9.59 Å². The maximum absolute atomic E-state index is 12.0. The molecule has 2 aromatic rings. The zero-order valence-corrected chi connectivity index (χ0v) is 34.7. The largest absolute Gasteiger partial charge is 0.386 e. The smallest absolute Gasteiger partial charge is 0.267 e. The summed E-state index contributed by atoms with van der Waals surface area (Å²) in [7, 11) is -2.08. The second-order valence-corrected chi connectivity index (χ2v) is 17.6. The lowest BCUT2D eigenvalue weighted by molar-refractivity contribution is -0.971. The number of hydrogen-bond donors (Lipinski definition) is 2. The van der Waals surface area contributed by atoms with E-state index in [4.69, 9.17) is 0 Å². The van der Waals surface area contributed by atoms with Crippen LogP contribution in [0.15, 0.2) is 60.7 Å². The van der Waals surface area contributed by atoms with Gasteiger partial charge in [0.25, 0.3) is 10.1 Å². The van der Waals surface area contributed by atoms with Crippen LogP contribution in [0.3, 0.4) is 0 Å². The van der Waals surface area contributed by atoms with E-state index in [0.29, 0.717) is 4.48 Å². The van der Waals surface area contributed by atoms with Gasteiger partial charge in [-0.25, -0.2) is 0 Å². The van der Waals surface area contributed by atoms with E-state index in [-0.39, 0.29) is 18.6 Å². The Morgan fingerprint density at radius 2 is 0.788 bits per heavy atom. The molecule has 0 saturated carbocycles. The molecule has 2 N–H and O–H groups in total. The maximum Gasteiger partial charge on any atom is 0.267 e. The molecular weight excluding hydrogens is 663 g/mol. The van der Waals surface area contributed by atoms with Crippen molar-refractivity contribution in [2.45, 2.75) is 199 Å². The minimum atomic E-state index is -4.32. The van der Waals surface area contributed by atoms with E-state index in [0.717, 1.165) is 25.7 Å². The summed E-state index contributed by atoms with van der Waals surface area (Å²) in [6.07, 6.45) is 32.1. The summed E-state index contributed by atoms with van der Waals surface area (Å²) < 4.78 is 34.2. The van der Waals surface area contributed by atoms with Crippen molar-refractivity contribution in [3.63, 3.8) is 0 Å². The van der Waals surface area contributed by atoms with Crippen LogP contribution in [0.5, 0.6) is 0 Å². The average molecular weight is 743 g/mol. The van der Waals surface area contributed by atoms with Crippen LogP contribution in [0.25, 0.3) is 0 Å². The SMILES string of the molecule is CCCCCCCCCCCCCCC(c1ccccc1)[N+](C)(CC(O)CS(=O)(=O)O)C(CCCCCCCCCCCCCC)c1ccccc1. The number of benzene rings is 2. The predicted octanol–water partition coefficient (Wildman–Crippen LogP) is 13.3. The number of aliphatic hydroxyl groups is 1. The van der Waals surface area contributed by atoms with Gasteiger partial charge in [-0.2, -0.15) is 8.42 Å². The molecule has 52 heavy (non-hydrogen) atoms. The van der Waals surface area contributed by atoms with Crippen LogP contribution in [-0.2, 0) is 10.1 Å². The Kier molecular flexibility index (Phi) is 25.6. The molecule has 0 heterocycles. The van der Waals surface area contributed by atoms with Gasteiger partial charge in [0.15, 0.2) is 0 Å². The van der Waals surface area contributed by atoms with Crippen molar-refractivity contribution in [2.24, 2.45) is 0 Å². The Morgan fingerprint density at radius 1 is 0.500 bits per heavy atom. The first kappa shape index (κ1) is 46.4. The quantitative estimate of drug-likeness (QED) is 0.0425. The fourth-order valence-corrected chi connectivity index (χ4v) is 9.13. The minimum absolute atomic E-state index is 0.0860. The summed E-state index contributed by atoms with van der Waals surface area (Å²) in [5.74, 6) is -0.638. The minimum Gasteiger partial charge on any atom is -0.386 e. The Labute approximate surface area is 321 Å². The van der Waals surface area contributed by atoms with Crippen molar-refractivity contribution in [1.29, 1.82) is 0 Å². The molecule has 5 nitrogen and oxygen atoms in total. The Hall–Kier alpha value is -1.73. The average Bonchev–Trinajstić information content (AvgIpc) is 3.12. The molecule has 2 rings (SSSR count). The highest BCUT2D eigenvalue weighted by Crippen LogP contribution is 2.43. The predicted molar refractivity (Wildman–Crippen MR) is 223 cm³/mol. The number of nitrogens with zero attached hydrogens (tertiary/aromatic N) is 1. The van der Waals surface area contributed by atoms with Crippen LogP contribution < -0.4 is 0 Å². The second-order valence-electron chi connectivity index (χ2n) is 16.1. The molecule has 0 bridgehead atoms. The first-order valence-corrected chi connectivity index (χ1v) is 23.4. The van der Waals surface area contributed by atoms with E-state index in [2.05, 4.69) is 81.6 Å². The highest BCUT2D eigenvalue weighted by molar-refractivity contribution is 7.85. The Balaban J connectivity index is 2.14. The van der Waals surface area contributed by atoms with Crippen LogP contribution in [0.1, 0.15) is 204 Å². The lowest BCUT2D eigenvalue weighted by Crippen LogP contribution is -2.54. The van der Waals surface area contributed by atoms with Crippen molar-refractivity contribution in [2.75, 3.05) is 19.3 Å². The molecule has 0 spiro atoms. The summed E-state index contributed by atoms with van der Waals surface area (Å²) in [5.41, 5.74) is 2.48. The normalized spacial score (nSPS) is 14.9. The van der Waals surface area contributed by atoms with E-state index in [1.807, 2.05) is 0 Å². The number of aliphatic hydroxyl groups excluding tert-OH is 1. The van der Waals surface area contributed by atoms with E-state index < -0.39 is 22.0 Å². The van der Waals surface area contributed by atoms with Gasteiger partial charge in [-0.15, -0.1) is 0 Å². The molecule has 2 aromatic carbocycles. The maximum atomic E-state index is 12.0. The van der Waals surface area contributed by atoms with Gasteiger partial charge >= 0.3 is 0 Å². The third-order valence-electron chi connectivity index (χ3n) is 11.5. The van der Waals surface area contributed by atoms with Crippen LogP contribution >= 0.6 is 0 Å². The van der Waals surface area contributed by atoms with Gasteiger partial charge in [-0.05, 0) is 12.8 Å². The Morgan fingerprint density at radius 3 is 1.08 bits per heavy atom. The van der Waals surface area contributed by atoms with Gasteiger partial charge in [-0.1, -0.05) is 216 Å². The fraction of sp³-hybridized carbons (Fsp3) is 0.739. The summed E-state index contributed by atoms with van der Waals surface area (Å²) in [5, 5.41) is 11.3. The van der Waals surface area contributed by atoms with Crippen LogP contribution in [0.4, 0.5) is 0 Å². The molecule has 0 aliphatic heterocycles. The van der Waals surface area contributed by atoms with Crippen molar-refractivity contribution < 1.29 is 22.6 Å². The van der Waals surface area contributed by atoms with E-state index in [1.165, 1.54) is 152 Å². The highest BCUT2D eigenvalue weighted by atomic mass is 32.2. The molecule has 0 saturated heterocycles. The third-order valence-corrected chi connectivity index (χ3v) is 12.3. The molecule has 298 valence electrons. The molecule has 0 aliphatic carbocycles. The first-order chi connectivity index (χ1) is 25.2. The molecular formula is C46H80NO4S+. The van der Waals surface area contributed by atoms with Crippen molar-refractivity contribution >= 4 is 10.1 Å². The number of unbranched alkanes of at least 4 members (excludes halogenated alkanes) is 22. The highest BCUT2D eigenvalue weighted by Gasteiger charge is 2.43. The lowest BCUT2D eigenvalue weighted by Gasteiger charge is -2.49. The van der Waals surface area contributed by atoms with Crippen molar-refractivity contribution in [3.8, 4) is 0 Å². The third kappa shape index (κ3) is 20.7. The van der Waals surface area contributed by atoms with Crippen molar-refractivity contribution in [3.05, 3.63) is 71.8 Å². The number of hydrogen-bond acceptors (Lipinski definition) is 3. The van der Waals surface area contributed by atoms with E-state index in [9.17, 15) is 18.1 Å². The summed E-state index contributed by atoms with van der Waals surface area (Å²) in [6, 6.07) is 21.5. The summed E-state index contributed by atoms with van der Waals surface area (Å²) in [4.78, 5) is 0. The van der Waals surface area contributed by atoms with Crippen molar-refractivity contribution in [1.82, 2.24) is 0 Å². The Bertz CT molecular complexity index is 1130. The van der Waals surface area contributed by atoms with Crippen LogP contribution in [0, 0.1) is 0 Å². The van der Waals surface area contributed by atoms with E-state index >= 15 is 0 Å². The molecule has 6 heteroatoms. The van der Waals surface area contributed by atoms with Gasteiger partial charge in [0.05, 0.1) is 7.05 Å². The molecule has 0 aliphatic rings. The topological polar surface area (TPSA) is 74.6 Å². The lowest BCUT2D eigenvalue weighted by atomic mass is 9.89. The number of quaternary nitrogens is 1. The number of likely N-dealkylation sites (N-methyl/N-ethyl adjacent to an activating group) is 1.